The Balaban J connectivity index is 1.88. The molecule has 1 aliphatic carbocycles. The molecule has 0 aromatic carbocycles. The monoisotopic (exact) mass is 367 g/mol. The van der Waals surface area contributed by atoms with Crippen LogP contribution < -0.4 is 5.32 Å². The largest absolute Gasteiger partial charge is 0.481 e. The van der Waals surface area contributed by atoms with Gasteiger partial charge in [0.1, 0.15) is 0 Å². The number of rotatable bonds is 11. The van der Waals surface area contributed by atoms with Gasteiger partial charge in [-0.15, -0.1) is 0 Å². The molecular formula is C19H33N3O4. The van der Waals surface area contributed by atoms with E-state index in [1.54, 1.807) is 0 Å². The molecule has 1 fully saturated rings. The predicted octanol–water partition coefficient (Wildman–Crippen LogP) is 3.24. The summed E-state index contributed by atoms with van der Waals surface area (Å²) >= 11 is 0. The third-order valence-electron chi connectivity index (χ3n) is 5.26. The van der Waals surface area contributed by atoms with Crippen molar-refractivity contribution >= 4 is 5.97 Å². The lowest BCUT2D eigenvalue weighted by molar-refractivity contribution is -0.137. The maximum Gasteiger partial charge on any atom is 0.304 e. The summed E-state index contributed by atoms with van der Waals surface area (Å²) < 4.78 is 5.34. The summed E-state index contributed by atoms with van der Waals surface area (Å²) in [7, 11) is 0. The lowest BCUT2D eigenvalue weighted by atomic mass is 9.84. The number of aliphatic hydroxyl groups excluding tert-OH is 1. The maximum absolute atomic E-state index is 11.2. The zero-order valence-corrected chi connectivity index (χ0v) is 16.0. The van der Waals surface area contributed by atoms with Gasteiger partial charge in [0.15, 0.2) is 5.82 Å². The molecule has 0 unspecified atom stereocenters. The minimum atomic E-state index is -0.841. The topological polar surface area (TPSA) is 108 Å². The van der Waals surface area contributed by atoms with Crippen LogP contribution in [-0.4, -0.2) is 38.5 Å². The number of nitrogens with zero attached hydrogens (tertiary/aromatic N) is 2. The molecule has 0 saturated heterocycles. The van der Waals surface area contributed by atoms with E-state index in [-0.39, 0.29) is 18.9 Å². The Labute approximate surface area is 155 Å². The Morgan fingerprint density at radius 2 is 2.08 bits per heavy atom. The molecule has 1 saturated carbocycles. The van der Waals surface area contributed by atoms with Crippen LogP contribution in [0.15, 0.2) is 4.52 Å². The lowest BCUT2D eigenvalue weighted by Gasteiger charge is -2.22. The summed E-state index contributed by atoms with van der Waals surface area (Å²) in [5.74, 6) is 0.617. The van der Waals surface area contributed by atoms with Gasteiger partial charge in [0.25, 0.3) is 0 Å². The van der Waals surface area contributed by atoms with Gasteiger partial charge in [-0.3, -0.25) is 4.79 Å². The first kappa shape index (κ1) is 20.8. The molecule has 148 valence electrons. The van der Waals surface area contributed by atoms with E-state index < -0.39 is 11.5 Å². The van der Waals surface area contributed by atoms with E-state index >= 15 is 0 Å². The fourth-order valence-electron chi connectivity index (χ4n) is 3.53. The first-order valence-corrected chi connectivity index (χ1v) is 9.80. The summed E-state index contributed by atoms with van der Waals surface area (Å²) in [6, 6.07) is 0. The van der Waals surface area contributed by atoms with Crippen molar-refractivity contribution in [3.63, 3.8) is 0 Å². The van der Waals surface area contributed by atoms with Gasteiger partial charge in [-0.25, -0.2) is 0 Å². The molecule has 0 spiro atoms. The van der Waals surface area contributed by atoms with E-state index in [1.165, 1.54) is 32.1 Å². The molecule has 1 heterocycles. The molecule has 26 heavy (non-hydrogen) atoms. The zero-order valence-electron chi connectivity index (χ0n) is 16.0. The third-order valence-corrected chi connectivity index (χ3v) is 5.26. The highest BCUT2D eigenvalue weighted by Crippen LogP contribution is 2.31. The molecule has 7 heteroatoms. The molecule has 1 aromatic heterocycles. The predicted molar refractivity (Wildman–Crippen MR) is 97.7 cm³/mol. The van der Waals surface area contributed by atoms with Crippen molar-refractivity contribution in [1.29, 1.82) is 0 Å². The molecule has 1 atom stereocenters. The van der Waals surface area contributed by atoms with Gasteiger partial charge in [0.05, 0.1) is 19.6 Å². The van der Waals surface area contributed by atoms with Crippen molar-refractivity contribution < 1.29 is 19.5 Å². The van der Waals surface area contributed by atoms with Crippen LogP contribution in [0.1, 0.15) is 89.3 Å². The van der Waals surface area contributed by atoms with E-state index in [4.69, 9.17) is 4.52 Å². The first-order chi connectivity index (χ1) is 12.4. The standard InChI is InChI=1S/C19H33N3O4/c1-19(2,13-23)20-12-16-21-18(26-22-16)15(11-17(24)25)10-6-9-14-7-4-3-5-8-14/h14-15,20,23H,3-13H2,1-2H3,(H,24,25)/t15-/m1/s1. The Morgan fingerprint density at radius 3 is 2.73 bits per heavy atom. The summed E-state index contributed by atoms with van der Waals surface area (Å²) in [5, 5.41) is 25.6. The van der Waals surface area contributed by atoms with E-state index in [0.29, 0.717) is 18.3 Å². The fourth-order valence-corrected chi connectivity index (χ4v) is 3.53. The zero-order chi connectivity index (χ0) is 19.0. The minimum Gasteiger partial charge on any atom is -0.481 e. The highest BCUT2D eigenvalue weighted by atomic mass is 16.5. The SMILES string of the molecule is CC(C)(CO)NCc1noc([C@H](CCCC2CCCCC2)CC(=O)O)n1. The van der Waals surface area contributed by atoms with Crippen molar-refractivity contribution in [3.05, 3.63) is 11.7 Å². The summed E-state index contributed by atoms with van der Waals surface area (Å²) in [4.78, 5) is 15.6. The molecule has 3 N–H and O–H groups in total. The molecule has 2 rings (SSSR count). The maximum atomic E-state index is 11.2. The van der Waals surface area contributed by atoms with Gasteiger partial charge >= 0.3 is 5.97 Å². The summed E-state index contributed by atoms with van der Waals surface area (Å²) in [6.45, 7) is 4.14. The second-order valence-corrected chi connectivity index (χ2v) is 8.17. The number of hydrogen-bond acceptors (Lipinski definition) is 6. The highest BCUT2D eigenvalue weighted by Gasteiger charge is 2.24. The Hall–Kier alpha value is -1.47. The summed E-state index contributed by atoms with van der Waals surface area (Å²) in [5.41, 5.74) is -0.429. The fraction of sp³-hybridized carbons (Fsp3) is 0.842. The van der Waals surface area contributed by atoms with Crippen LogP contribution in [-0.2, 0) is 11.3 Å². The van der Waals surface area contributed by atoms with Crippen molar-refractivity contribution in [2.24, 2.45) is 5.92 Å². The molecule has 1 aromatic rings. The van der Waals surface area contributed by atoms with Crippen LogP contribution in [0.4, 0.5) is 0 Å². The van der Waals surface area contributed by atoms with Gasteiger partial charge in [-0.05, 0) is 26.2 Å². The van der Waals surface area contributed by atoms with E-state index in [1.807, 2.05) is 13.8 Å². The average molecular weight is 367 g/mol. The van der Waals surface area contributed by atoms with Crippen molar-refractivity contribution in [2.45, 2.75) is 89.6 Å². The second kappa shape index (κ2) is 10.0. The van der Waals surface area contributed by atoms with Crippen LogP contribution in [0.3, 0.4) is 0 Å². The summed E-state index contributed by atoms with van der Waals surface area (Å²) in [6.07, 6.45) is 9.55. The smallest absolute Gasteiger partial charge is 0.304 e. The molecule has 0 radical (unpaired) electrons. The van der Waals surface area contributed by atoms with Crippen molar-refractivity contribution in [1.82, 2.24) is 15.5 Å². The molecule has 1 aliphatic rings. The molecule has 7 nitrogen and oxygen atoms in total. The number of aromatic nitrogens is 2. The van der Waals surface area contributed by atoms with Crippen LogP contribution in [0.2, 0.25) is 0 Å². The van der Waals surface area contributed by atoms with Gasteiger partial charge < -0.3 is 20.1 Å². The van der Waals surface area contributed by atoms with E-state index in [2.05, 4.69) is 15.5 Å². The van der Waals surface area contributed by atoms with Crippen molar-refractivity contribution in [2.75, 3.05) is 6.61 Å². The number of nitrogens with one attached hydrogen (secondary N) is 1. The number of carbonyl (C=O) groups is 1. The van der Waals surface area contributed by atoms with Gasteiger partial charge in [0, 0.05) is 11.5 Å². The lowest BCUT2D eigenvalue weighted by Crippen LogP contribution is -2.42. The Bertz CT molecular complexity index is 553. The van der Waals surface area contributed by atoms with Crippen LogP contribution in [0, 0.1) is 5.92 Å². The molecule has 0 amide bonds. The third kappa shape index (κ3) is 7.03. The minimum absolute atomic E-state index is 0.000510. The number of aliphatic hydroxyl groups is 1. The number of carboxylic acid groups (broad SMARTS) is 1. The van der Waals surface area contributed by atoms with E-state index in [9.17, 15) is 15.0 Å². The molecular weight excluding hydrogens is 334 g/mol. The van der Waals surface area contributed by atoms with Crippen LogP contribution in [0.5, 0.6) is 0 Å². The Kier molecular flexibility index (Phi) is 8.03. The number of aliphatic carboxylic acids is 1. The second-order valence-electron chi connectivity index (χ2n) is 8.17. The van der Waals surface area contributed by atoms with Crippen LogP contribution >= 0.6 is 0 Å². The number of hydrogen-bond donors (Lipinski definition) is 3. The van der Waals surface area contributed by atoms with Gasteiger partial charge in [-0.2, -0.15) is 4.98 Å². The normalized spacial score (nSPS) is 17.3. The van der Waals surface area contributed by atoms with Gasteiger partial charge in [-0.1, -0.05) is 50.1 Å². The first-order valence-electron chi connectivity index (χ1n) is 9.80. The molecule has 0 aliphatic heterocycles. The molecule has 0 bridgehead atoms. The van der Waals surface area contributed by atoms with E-state index in [0.717, 1.165) is 25.2 Å². The van der Waals surface area contributed by atoms with Crippen LogP contribution in [0.25, 0.3) is 0 Å². The average Bonchev–Trinajstić information content (AvgIpc) is 3.09. The number of carboxylic acids is 1. The van der Waals surface area contributed by atoms with Gasteiger partial charge in [0.2, 0.25) is 5.89 Å². The Morgan fingerprint density at radius 1 is 1.35 bits per heavy atom. The quantitative estimate of drug-likeness (QED) is 0.551. The highest BCUT2D eigenvalue weighted by molar-refractivity contribution is 5.67. The van der Waals surface area contributed by atoms with Crippen molar-refractivity contribution in [3.8, 4) is 0 Å².